The van der Waals surface area contributed by atoms with Crippen molar-refractivity contribution in [3.05, 3.63) is 124 Å². The molecular weight excluding hydrogens is 554 g/mol. The molecule has 2 aromatic heterocycles. The Morgan fingerprint density at radius 1 is 0.756 bits per heavy atom. The van der Waals surface area contributed by atoms with E-state index >= 15 is 0 Å². The first kappa shape index (κ1) is 27.5. The Bertz CT molecular complexity index is 1650. The number of pyridine rings is 2. The van der Waals surface area contributed by atoms with E-state index in [2.05, 4.69) is 15.3 Å². The van der Waals surface area contributed by atoms with Gasteiger partial charge in [0, 0.05) is 18.0 Å². The van der Waals surface area contributed by atoms with Crippen molar-refractivity contribution in [2.75, 3.05) is 4.90 Å². The quantitative estimate of drug-likeness (QED) is 0.241. The van der Waals surface area contributed by atoms with Gasteiger partial charge in [-0.2, -0.15) is 26.3 Å². The van der Waals surface area contributed by atoms with Crippen LogP contribution in [0, 0.1) is 0 Å². The third-order valence-corrected chi connectivity index (χ3v) is 6.29. The predicted octanol–water partition coefficient (Wildman–Crippen LogP) is 5.83. The second-order valence-corrected chi connectivity index (χ2v) is 8.85. The molecule has 41 heavy (non-hydrogen) atoms. The maximum atomic E-state index is 13.8. The summed E-state index contributed by atoms with van der Waals surface area (Å²) in [7, 11) is 0. The van der Waals surface area contributed by atoms with Crippen molar-refractivity contribution in [3.63, 3.8) is 0 Å². The summed E-state index contributed by atoms with van der Waals surface area (Å²) in [5.41, 5.74) is -3.33. The minimum Gasteiger partial charge on any atom is -0.340 e. The topological polar surface area (TPSA) is 92.3 Å². The van der Waals surface area contributed by atoms with Gasteiger partial charge >= 0.3 is 12.4 Å². The maximum Gasteiger partial charge on any atom is 0.418 e. The van der Waals surface area contributed by atoms with Crippen molar-refractivity contribution in [1.82, 2.24) is 15.3 Å². The summed E-state index contributed by atoms with van der Waals surface area (Å²) in [5, 5.41) is 2.39. The summed E-state index contributed by atoms with van der Waals surface area (Å²) in [6, 6.07) is 11.5. The highest BCUT2D eigenvalue weighted by Crippen LogP contribution is 2.37. The number of carbonyl (C=O) groups excluding carboxylic acids is 3. The van der Waals surface area contributed by atoms with E-state index in [1.807, 2.05) is 0 Å². The average Bonchev–Trinajstić information content (AvgIpc) is 3.20. The first-order valence-corrected chi connectivity index (χ1v) is 11.8. The zero-order valence-electron chi connectivity index (χ0n) is 20.5. The normalized spacial score (nSPS) is 14.1. The van der Waals surface area contributed by atoms with Gasteiger partial charge in [0.25, 0.3) is 17.7 Å². The van der Waals surface area contributed by atoms with Crippen LogP contribution in [-0.2, 0) is 12.4 Å². The van der Waals surface area contributed by atoms with Crippen molar-refractivity contribution in [2.45, 2.75) is 18.4 Å². The standard InChI is InChI=1S/C28H16F6N4O3/c29-27(30,31)17-9-6-15(7-10-17)22(23-20(28(32,33)34)4-3-13-36-23)37-24(39)16-8-11-18-19(14-16)26(41)38(25(18)40)21-5-1-2-12-35-21/h1-14,22H,(H,37,39)/t22-/m0/s1. The van der Waals surface area contributed by atoms with Crippen LogP contribution < -0.4 is 10.2 Å². The van der Waals surface area contributed by atoms with Gasteiger partial charge in [-0.05, 0) is 60.2 Å². The monoisotopic (exact) mass is 570 g/mol. The highest BCUT2D eigenvalue weighted by atomic mass is 19.4. The van der Waals surface area contributed by atoms with Gasteiger partial charge < -0.3 is 5.32 Å². The lowest BCUT2D eigenvalue weighted by Gasteiger charge is -2.23. The third kappa shape index (κ3) is 5.25. The minimum absolute atomic E-state index is 0.0134. The second-order valence-electron chi connectivity index (χ2n) is 8.85. The first-order valence-electron chi connectivity index (χ1n) is 11.8. The predicted molar refractivity (Wildman–Crippen MR) is 132 cm³/mol. The summed E-state index contributed by atoms with van der Waals surface area (Å²) in [4.78, 5) is 47.8. The third-order valence-electron chi connectivity index (χ3n) is 6.29. The van der Waals surface area contributed by atoms with Crippen molar-refractivity contribution in [3.8, 4) is 0 Å². The van der Waals surface area contributed by atoms with E-state index < -0.39 is 52.9 Å². The number of amides is 3. The second kappa shape index (κ2) is 10.2. The number of hydrogen-bond acceptors (Lipinski definition) is 5. The van der Waals surface area contributed by atoms with E-state index in [1.165, 1.54) is 24.4 Å². The number of nitrogens with one attached hydrogen (secondary N) is 1. The van der Waals surface area contributed by atoms with Crippen molar-refractivity contribution < 1.29 is 40.7 Å². The average molecular weight is 570 g/mol. The van der Waals surface area contributed by atoms with Crippen LogP contribution >= 0.6 is 0 Å². The van der Waals surface area contributed by atoms with E-state index in [1.54, 1.807) is 12.1 Å². The van der Waals surface area contributed by atoms with Crippen molar-refractivity contribution >= 4 is 23.5 Å². The Balaban J connectivity index is 1.52. The molecule has 208 valence electrons. The molecule has 1 N–H and O–H groups in total. The smallest absolute Gasteiger partial charge is 0.340 e. The molecule has 0 saturated carbocycles. The highest BCUT2D eigenvalue weighted by molar-refractivity contribution is 6.34. The van der Waals surface area contributed by atoms with Gasteiger partial charge in [-0.3, -0.25) is 19.4 Å². The van der Waals surface area contributed by atoms with Gasteiger partial charge in [-0.25, -0.2) is 9.88 Å². The number of imide groups is 1. The molecule has 1 aliphatic heterocycles. The Kier molecular flexibility index (Phi) is 6.81. The van der Waals surface area contributed by atoms with Crippen LogP contribution in [0.4, 0.5) is 32.2 Å². The summed E-state index contributed by atoms with van der Waals surface area (Å²) < 4.78 is 80.8. The van der Waals surface area contributed by atoms with Gasteiger partial charge in [0.2, 0.25) is 0 Å². The Morgan fingerprint density at radius 3 is 2.07 bits per heavy atom. The molecule has 0 unspecified atom stereocenters. The van der Waals surface area contributed by atoms with Gasteiger partial charge in [-0.15, -0.1) is 0 Å². The lowest BCUT2D eigenvalue weighted by Crippen LogP contribution is -2.32. The number of rotatable bonds is 5. The number of carbonyl (C=O) groups is 3. The molecule has 0 spiro atoms. The molecule has 4 aromatic rings. The van der Waals surface area contributed by atoms with E-state index in [0.717, 1.165) is 41.4 Å². The van der Waals surface area contributed by atoms with E-state index in [4.69, 9.17) is 0 Å². The molecule has 7 nitrogen and oxygen atoms in total. The van der Waals surface area contributed by atoms with E-state index in [-0.39, 0.29) is 28.1 Å². The molecule has 1 atom stereocenters. The molecule has 13 heteroatoms. The van der Waals surface area contributed by atoms with Crippen LogP contribution in [0.3, 0.4) is 0 Å². The molecule has 3 heterocycles. The molecule has 2 aromatic carbocycles. The zero-order chi connectivity index (χ0) is 29.5. The molecule has 1 aliphatic rings. The fourth-order valence-electron chi connectivity index (χ4n) is 4.35. The molecular formula is C28H16F6N4O3. The molecule has 5 rings (SSSR count). The molecule has 0 aliphatic carbocycles. The van der Waals surface area contributed by atoms with Gasteiger partial charge in [0.05, 0.1) is 34.0 Å². The van der Waals surface area contributed by atoms with Crippen LogP contribution in [0.1, 0.15) is 59.5 Å². The van der Waals surface area contributed by atoms with Crippen LogP contribution in [0.2, 0.25) is 0 Å². The maximum absolute atomic E-state index is 13.8. The van der Waals surface area contributed by atoms with E-state index in [0.29, 0.717) is 12.1 Å². The number of nitrogens with zero attached hydrogens (tertiary/aromatic N) is 3. The number of aromatic nitrogens is 2. The zero-order valence-corrected chi connectivity index (χ0v) is 20.5. The SMILES string of the molecule is O=C(N[C@@H](c1ccc(C(F)(F)F)cc1)c1ncccc1C(F)(F)F)c1ccc2c(c1)C(=O)N(c1ccccn1)C2=O. The fourth-order valence-corrected chi connectivity index (χ4v) is 4.35. The number of halogens is 6. The van der Waals surface area contributed by atoms with Crippen LogP contribution in [0.15, 0.2) is 85.2 Å². The van der Waals surface area contributed by atoms with Crippen LogP contribution in [-0.4, -0.2) is 27.7 Å². The fraction of sp³-hybridized carbons (Fsp3) is 0.107. The van der Waals surface area contributed by atoms with Crippen molar-refractivity contribution in [1.29, 1.82) is 0 Å². The Labute approximate surface area is 227 Å². The molecule has 0 bridgehead atoms. The number of benzene rings is 2. The van der Waals surface area contributed by atoms with Crippen molar-refractivity contribution in [2.24, 2.45) is 0 Å². The summed E-state index contributed by atoms with van der Waals surface area (Å²) >= 11 is 0. The van der Waals surface area contributed by atoms with Crippen LogP contribution in [0.5, 0.6) is 0 Å². The summed E-state index contributed by atoms with van der Waals surface area (Å²) in [5.74, 6) is -2.35. The number of anilines is 1. The van der Waals surface area contributed by atoms with Crippen LogP contribution in [0.25, 0.3) is 0 Å². The van der Waals surface area contributed by atoms with Gasteiger partial charge in [0.15, 0.2) is 0 Å². The van der Waals surface area contributed by atoms with Gasteiger partial charge in [0.1, 0.15) is 5.82 Å². The minimum atomic E-state index is -4.90. The summed E-state index contributed by atoms with van der Waals surface area (Å²) in [6.07, 6.45) is -7.16. The molecule has 0 radical (unpaired) electrons. The molecule has 3 amide bonds. The summed E-state index contributed by atoms with van der Waals surface area (Å²) in [6.45, 7) is 0. The van der Waals surface area contributed by atoms with Gasteiger partial charge in [-0.1, -0.05) is 18.2 Å². The van der Waals surface area contributed by atoms with E-state index in [9.17, 15) is 40.7 Å². The lowest BCUT2D eigenvalue weighted by molar-refractivity contribution is -0.139. The Hall–Kier alpha value is -5.07. The molecule has 0 fully saturated rings. The number of alkyl halides is 6. The number of hydrogen-bond donors (Lipinski definition) is 1. The first-order chi connectivity index (χ1) is 19.4. The lowest BCUT2D eigenvalue weighted by atomic mass is 9.97. The Morgan fingerprint density at radius 2 is 1.44 bits per heavy atom. The number of fused-ring (bicyclic) bond motifs is 1. The molecule has 0 saturated heterocycles. The highest BCUT2D eigenvalue weighted by Gasteiger charge is 2.39. The largest absolute Gasteiger partial charge is 0.418 e.